The zero-order valence-corrected chi connectivity index (χ0v) is 10.5. The molecule has 0 aromatic carbocycles. The average Bonchev–Trinajstić information content (AvgIpc) is 2.89. The predicted octanol–water partition coefficient (Wildman–Crippen LogP) is 1.91. The minimum absolute atomic E-state index is 0.0671. The minimum atomic E-state index is -0.0671. The van der Waals surface area contributed by atoms with Gasteiger partial charge < -0.3 is 14.2 Å². The van der Waals surface area contributed by atoms with Gasteiger partial charge in [-0.15, -0.1) is 0 Å². The van der Waals surface area contributed by atoms with Crippen LogP contribution in [-0.2, 0) is 19.0 Å². The van der Waals surface area contributed by atoms with Crippen LogP contribution in [0, 0.1) is 5.92 Å². The fraction of sp³-hybridized carbons (Fsp3) is 0.923. The van der Waals surface area contributed by atoms with Gasteiger partial charge in [-0.3, -0.25) is 4.79 Å². The molecule has 1 atom stereocenters. The highest BCUT2D eigenvalue weighted by Gasteiger charge is 2.28. The molecule has 2 fully saturated rings. The van der Waals surface area contributed by atoms with Crippen LogP contribution in [0.25, 0.3) is 0 Å². The molecular weight excluding hydrogens is 220 g/mol. The monoisotopic (exact) mass is 242 g/mol. The SMILES string of the molecule is COC(=O)C1CCC(OCC2CCCO2)CC1. The van der Waals surface area contributed by atoms with E-state index in [1.54, 1.807) is 0 Å². The molecule has 0 bridgehead atoms. The van der Waals surface area contributed by atoms with Gasteiger partial charge in [0.15, 0.2) is 0 Å². The van der Waals surface area contributed by atoms with Gasteiger partial charge in [0.25, 0.3) is 0 Å². The van der Waals surface area contributed by atoms with Crippen LogP contribution < -0.4 is 0 Å². The normalized spacial score (nSPS) is 33.6. The molecule has 1 unspecified atom stereocenters. The molecule has 1 heterocycles. The van der Waals surface area contributed by atoms with E-state index in [9.17, 15) is 4.79 Å². The average molecular weight is 242 g/mol. The van der Waals surface area contributed by atoms with Crippen LogP contribution in [0.5, 0.6) is 0 Å². The Kier molecular flexibility index (Phi) is 4.80. The lowest BCUT2D eigenvalue weighted by Crippen LogP contribution is -2.29. The third-order valence-corrected chi connectivity index (χ3v) is 3.75. The van der Waals surface area contributed by atoms with E-state index in [-0.39, 0.29) is 11.9 Å². The van der Waals surface area contributed by atoms with E-state index in [1.165, 1.54) is 7.11 Å². The maximum Gasteiger partial charge on any atom is 0.308 e. The van der Waals surface area contributed by atoms with Crippen LogP contribution in [0.1, 0.15) is 38.5 Å². The Labute approximate surface area is 103 Å². The van der Waals surface area contributed by atoms with E-state index in [0.29, 0.717) is 18.8 Å². The zero-order chi connectivity index (χ0) is 12.1. The molecule has 0 N–H and O–H groups in total. The zero-order valence-electron chi connectivity index (χ0n) is 10.5. The van der Waals surface area contributed by atoms with Crippen molar-refractivity contribution in [2.24, 2.45) is 5.92 Å². The molecule has 0 amide bonds. The number of ether oxygens (including phenoxy) is 3. The van der Waals surface area contributed by atoms with E-state index in [0.717, 1.165) is 45.1 Å². The fourth-order valence-electron chi connectivity index (χ4n) is 2.65. The molecule has 98 valence electrons. The lowest BCUT2D eigenvalue weighted by atomic mass is 9.87. The van der Waals surface area contributed by atoms with Crippen molar-refractivity contribution >= 4 is 5.97 Å². The minimum Gasteiger partial charge on any atom is -0.469 e. The van der Waals surface area contributed by atoms with E-state index < -0.39 is 0 Å². The standard InChI is InChI=1S/C13H22O4/c1-15-13(14)10-4-6-11(7-5-10)17-9-12-3-2-8-16-12/h10-12H,2-9H2,1H3. The highest BCUT2D eigenvalue weighted by Crippen LogP contribution is 2.27. The topological polar surface area (TPSA) is 44.8 Å². The third-order valence-electron chi connectivity index (χ3n) is 3.75. The Morgan fingerprint density at radius 1 is 1.24 bits per heavy atom. The van der Waals surface area contributed by atoms with Crippen LogP contribution in [0.4, 0.5) is 0 Å². The quantitative estimate of drug-likeness (QED) is 0.706. The predicted molar refractivity (Wildman–Crippen MR) is 62.7 cm³/mol. The van der Waals surface area contributed by atoms with E-state index in [1.807, 2.05) is 0 Å². The number of esters is 1. The molecule has 2 rings (SSSR count). The van der Waals surface area contributed by atoms with Crippen molar-refractivity contribution in [3.63, 3.8) is 0 Å². The molecule has 17 heavy (non-hydrogen) atoms. The van der Waals surface area contributed by atoms with E-state index in [4.69, 9.17) is 14.2 Å². The highest BCUT2D eigenvalue weighted by molar-refractivity contribution is 5.72. The molecule has 4 heteroatoms. The summed E-state index contributed by atoms with van der Waals surface area (Å²) in [4.78, 5) is 11.4. The summed E-state index contributed by atoms with van der Waals surface area (Å²) in [5.41, 5.74) is 0. The van der Waals surface area contributed by atoms with Crippen LogP contribution in [0.15, 0.2) is 0 Å². The van der Waals surface area contributed by atoms with Gasteiger partial charge in [-0.05, 0) is 38.5 Å². The maximum atomic E-state index is 11.4. The van der Waals surface area contributed by atoms with Gasteiger partial charge in [-0.1, -0.05) is 0 Å². The van der Waals surface area contributed by atoms with E-state index >= 15 is 0 Å². The summed E-state index contributed by atoms with van der Waals surface area (Å²) in [6.45, 7) is 1.59. The Bertz CT molecular complexity index is 240. The molecular formula is C13H22O4. The largest absolute Gasteiger partial charge is 0.469 e. The summed E-state index contributed by atoms with van der Waals surface area (Å²) in [6, 6.07) is 0. The number of carbonyl (C=O) groups excluding carboxylic acids is 1. The first-order valence-electron chi connectivity index (χ1n) is 6.60. The van der Waals surface area contributed by atoms with Gasteiger partial charge in [0.2, 0.25) is 0 Å². The molecule has 4 nitrogen and oxygen atoms in total. The first-order valence-corrected chi connectivity index (χ1v) is 6.60. The van der Waals surface area contributed by atoms with Crippen LogP contribution in [0.3, 0.4) is 0 Å². The molecule has 1 aliphatic carbocycles. The van der Waals surface area contributed by atoms with Gasteiger partial charge in [-0.25, -0.2) is 0 Å². The molecule has 1 aliphatic heterocycles. The summed E-state index contributed by atoms with van der Waals surface area (Å²) in [5, 5.41) is 0. The molecule has 0 aromatic rings. The molecule has 0 spiro atoms. The number of hydrogen-bond donors (Lipinski definition) is 0. The van der Waals surface area contributed by atoms with Gasteiger partial charge in [0.05, 0.1) is 31.8 Å². The highest BCUT2D eigenvalue weighted by atomic mass is 16.5. The summed E-state index contributed by atoms with van der Waals surface area (Å²) in [5.74, 6) is 0.0187. The Hall–Kier alpha value is -0.610. The molecule has 0 aromatic heterocycles. The maximum absolute atomic E-state index is 11.4. The molecule has 1 saturated heterocycles. The lowest BCUT2D eigenvalue weighted by molar-refractivity contribution is -0.147. The number of carbonyl (C=O) groups is 1. The van der Waals surface area contributed by atoms with Crippen molar-refractivity contribution in [2.45, 2.75) is 50.7 Å². The number of methoxy groups -OCH3 is 1. The fourth-order valence-corrected chi connectivity index (χ4v) is 2.65. The first-order chi connectivity index (χ1) is 8.29. The Morgan fingerprint density at radius 2 is 2.00 bits per heavy atom. The van der Waals surface area contributed by atoms with Crippen molar-refractivity contribution in [1.29, 1.82) is 0 Å². The third kappa shape index (κ3) is 3.68. The lowest BCUT2D eigenvalue weighted by Gasteiger charge is -2.27. The van der Waals surface area contributed by atoms with Crippen LogP contribution in [-0.4, -0.2) is 38.5 Å². The van der Waals surface area contributed by atoms with Gasteiger partial charge in [0.1, 0.15) is 0 Å². The second kappa shape index (κ2) is 6.36. The smallest absolute Gasteiger partial charge is 0.308 e. The van der Waals surface area contributed by atoms with Crippen molar-refractivity contribution in [3.8, 4) is 0 Å². The Morgan fingerprint density at radius 3 is 2.59 bits per heavy atom. The summed E-state index contributed by atoms with van der Waals surface area (Å²) >= 11 is 0. The molecule has 2 aliphatic rings. The summed E-state index contributed by atoms with van der Waals surface area (Å²) in [7, 11) is 1.46. The molecule has 1 saturated carbocycles. The van der Waals surface area contributed by atoms with Gasteiger partial charge in [0, 0.05) is 6.61 Å². The first kappa shape index (κ1) is 12.8. The van der Waals surface area contributed by atoms with Crippen LogP contribution >= 0.6 is 0 Å². The second-order valence-corrected chi connectivity index (χ2v) is 4.97. The van der Waals surface area contributed by atoms with Gasteiger partial charge >= 0.3 is 5.97 Å². The second-order valence-electron chi connectivity index (χ2n) is 4.97. The Balaban J connectivity index is 1.63. The number of hydrogen-bond acceptors (Lipinski definition) is 4. The van der Waals surface area contributed by atoms with Crippen molar-refractivity contribution in [3.05, 3.63) is 0 Å². The number of rotatable bonds is 4. The van der Waals surface area contributed by atoms with Crippen molar-refractivity contribution in [1.82, 2.24) is 0 Å². The van der Waals surface area contributed by atoms with Crippen LogP contribution in [0.2, 0.25) is 0 Å². The molecule has 0 radical (unpaired) electrons. The van der Waals surface area contributed by atoms with Crippen molar-refractivity contribution < 1.29 is 19.0 Å². The summed E-state index contributed by atoms with van der Waals surface area (Å²) < 4.78 is 16.1. The van der Waals surface area contributed by atoms with Crippen molar-refractivity contribution in [2.75, 3.05) is 20.3 Å². The van der Waals surface area contributed by atoms with Gasteiger partial charge in [-0.2, -0.15) is 0 Å². The summed E-state index contributed by atoms with van der Waals surface area (Å²) in [6.07, 6.45) is 6.60. The van der Waals surface area contributed by atoms with E-state index in [2.05, 4.69) is 0 Å².